The average molecular weight is 285 g/mol. The molecule has 0 fully saturated rings. The Hall–Kier alpha value is -2.44. The molecule has 0 atom stereocenters. The first-order chi connectivity index (χ1) is 9.30. The predicted molar refractivity (Wildman–Crippen MR) is 65.1 cm³/mol. The molecule has 1 heterocycles. The topological polar surface area (TPSA) is 53.7 Å². The van der Waals surface area contributed by atoms with Gasteiger partial charge in [-0.25, -0.2) is 9.69 Å². The molecule has 2 rings (SSSR count). The molecule has 20 heavy (non-hydrogen) atoms. The quantitative estimate of drug-likeness (QED) is 0.888. The maximum atomic E-state index is 12.9. The number of nitrogens with zero attached hydrogens (tertiary/aromatic N) is 1. The minimum Gasteiger partial charge on any atom is -0.464 e. The second kappa shape index (κ2) is 4.92. The minimum atomic E-state index is -4.77. The molecule has 0 spiro atoms. The van der Waals surface area contributed by atoms with E-state index < -0.39 is 23.7 Å². The van der Waals surface area contributed by atoms with Crippen LogP contribution in [0, 0.1) is 6.92 Å². The van der Waals surface area contributed by atoms with Crippen molar-refractivity contribution >= 4 is 17.5 Å². The molecular formula is C13H10F3NO3. The van der Waals surface area contributed by atoms with Gasteiger partial charge >= 0.3 is 12.3 Å². The van der Waals surface area contributed by atoms with Crippen molar-refractivity contribution in [2.24, 2.45) is 0 Å². The number of alkyl halides is 3. The average Bonchev–Trinajstić information content (AvgIpc) is 2.72. The Bertz CT molecular complexity index is 620. The molecule has 1 N–H and O–H groups in total. The molecule has 2 aromatic rings. The number of hydrogen-bond donors (Lipinski definition) is 1. The normalized spacial score (nSPS) is 11.4. The van der Waals surface area contributed by atoms with Crippen molar-refractivity contribution in [1.29, 1.82) is 0 Å². The number of rotatable bonds is 2. The van der Waals surface area contributed by atoms with Crippen LogP contribution in [0.15, 0.2) is 40.8 Å². The summed E-state index contributed by atoms with van der Waals surface area (Å²) < 4.78 is 43.3. The van der Waals surface area contributed by atoms with Gasteiger partial charge in [0.05, 0.1) is 5.69 Å². The van der Waals surface area contributed by atoms with Crippen LogP contribution in [0.3, 0.4) is 0 Å². The van der Waals surface area contributed by atoms with Crippen LogP contribution in [0.5, 0.6) is 0 Å². The molecule has 0 bridgehead atoms. The van der Waals surface area contributed by atoms with E-state index >= 15 is 0 Å². The molecule has 0 saturated carbocycles. The van der Waals surface area contributed by atoms with Crippen LogP contribution in [-0.4, -0.2) is 11.2 Å². The van der Waals surface area contributed by atoms with E-state index in [2.05, 4.69) is 4.42 Å². The Morgan fingerprint density at radius 3 is 2.35 bits per heavy atom. The number of carbonyl (C=O) groups is 1. The van der Waals surface area contributed by atoms with Gasteiger partial charge in [0.1, 0.15) is 11.4 Å². The van der Waals surface area contributed by atoms with Crippen LogP contribution in [0.4, 0.5) is 29.3 Å². The van der Waals surface area contributed by atoms with Gasteiger partial charge in [0, 0.05) is 6.07 Å². The van der Waals surface area contributed by atoms with Crippen LogP contribution >= 0.6 is 0 Å². The van der Waals surface area contributed by atoms with Crippen molar-refractivity contribution in [1.82, 2.24) is 0 Å². The number of benzene rings is 1. The van der Waals surface area contributed by atoms with Gasteiger partial charge in [-0.2, -0.15) is 13.2 Å². The van der Waals surface area contributed by atoms with E-state index in [-0.39, 0.29) is 11.4 Å². The van der Waals surface area contributed by atoms with Gasteiger partial charge < -0.3 is 9.52 Å². The van der Waals surface area contributed by atoms with Crippen molar-refractivity contribution < 1.29 is 27.5 Å². The predicted octanol–water partition coefficient (Wildman–Crippen LogP) is 4.42. The van der Waals surface area contributed by atoms with E-state index in [1.807, 2.05) is 0 Å². The van der Waals surface area contributed by atoms with E-state index in [9.17, 15) is 23.1 Å². The summed E-state index contributed by atoms with van der Waals surface area (Å²) in [7, 11) is 0. The summed E-state index contributed by atoms with van der Waals surface area (Å²) in [5.74, 6) is -1.35. The maximum Gasteiger partial charge on any atom is 0.451 e. The summed E-state index contributed by atoms with van der Waals surface area (Å²) in [5, 5.41) is 9.20. The third-order valence-electron chi connectivity index (χ3n) is 2.54. The molecule has 0 aliphatic rings. The highest BCUT2D eigenvalue weighted by atomic mass is 19.4. The van der Waals surface area contributed by atoms with Gasteiger partial charge in [0.15, 0.2) is 0 Å². The van der Waals surface area contributed by atoms with E-state index in [1.165, 1.54) is 31.2 Å². The van der Waals surface area contributed by atoms with E-state index in [0.29, 0.717) is 4.90 Å². The third kappa shape index (κ3) is 2.61. The highest BCUT2D eigenvalue weighted by Gasteiger charge is 2.41. The Morgan fingerprint density at radius 2 is 1.85 bits per heavy atom. The van der Waals surface area contributed by atoms with E-state index in [0.717, 1.165) is 6.07 Å². The first-order valence-electron chi connectivity index (χ1n) is 5.56. The fraction of sp³-hybridized carbons (Fsp3) is 0.154. The molecular weight excluding hydrogens is 275 g/mol. The van der Waals surface area contributed by atoms with E-state index in [4.69, 9.17) is 0 Å². The van der Waals surface area contributed by atoms with Crippen LogP contribution in [0.1, 0.15) is 11.5 Å². The first kappa shape index (κ1) is 14.0. The van der Waals surface area contributed by atoms with Crippen molar-refractivity contribution in [2.75, 3.05) is 4.90 Å². The number of halogens is 3. The van der Waals surface area contributed by atoms with Gasteiger partial charge in [-0.05, 0) is 19.1 Å². The zero-order chi connectivity index (χ0) is 14.9. The second-order valence-electron chi connectivity index (χ2n) is 4.02. The van der Waals surface area contributed by atoms with Crippen molar-refractivity contribution in [2.45, 2.75) is 13.1 Å². The van der Waals surface area contributed by atoms with Crippen LogP contribution in [0.25, 0.3) is 0 Å². The van der Waals surface area contributed by atoms with Crippen molar-refractivity contribution in [3.05, 3.63) is 47.9 Å². The first-order valence-corrected chi connectivity index (χ1v) is 5.56. The zero-order valence-corrected chi connectivity index (χ0v) is 10.3. The van der Waals surface area contributed by atoms with Gasteiger partial charge in [-0.3, -0.25) is 0 Å². The SMILES string of the molecule is Cc1cc(N(C(=O)O)c2ccccc2)c(C(F)(F)F)o1. The highest BCUT2D eigenvalue weighted by Crippen LogP contribution is 2.41. The van der Waals surface area contributed by atoms with Gasteiger partial charge in [0.25, 0.3) is 0 Å². The summed E-state index contributed by atoms with van der Waals surface area (Å²) in [4.78, 5) is 11.8. The number of aryl methyl sites for hydroxylation is 1. The molecule has 0 aliphatic heterocycles. The lowest BCUT2D eigenvalue weighted by molar-refractivity contribution is -0.152. The lowest BCUT2D eigenvalue weighted by atomic mass is 10.2. The summed E-state index contributed by atoms with van der Waals surface area (Å²) in [6.07, 6.45) is -6.30. The Balaban J connectivity index is 2.60. The number of carboxylic acid groups (broad SMARTS) is 1. The zero-order valence-electron chi connectivity index (χ0n) is 10.3. The molecule has 7 heteroatoms. The molecule has 0 radical (unpaired) electrons. The minimum absolute atomic E-state index is 0.0190. The third-order valence-corrected chi connectivity index (χ3v) is 2.54. The fourth-order valence-corrected chi connectivity index (χ4v) is 1.80. The standard InChI is InChI=1S/C13H10F3NO3/c1-8-7-10(11(20-8)13(14,15)16)17(12(18)19)9-5-3-2-4-6-9/h2-7H,1H3,(H,18,19). The fourth-order valence-electron chi connectivity index (χ4n) is 1.80. The van der Waals surface area contributed by atoms with Gasteiger partial charge in [-0.1, -0.05) is 18.2 Å². The molecule has 1 aromatic heterocycles. The molecule has 4 nitrogen and oxygen atoms in total. The Morgan fingerprint density at radius 1 is 1.25 bits per heavy atom. The van der Waals surface area contributed by atoms with Crippen LogP contribution < -0.4 is 4.90 Å². The summed E-state index contributed by atoms with van der Waals surface area (Å²) in [5.41, 5.74) is -0.444. The number of anilines is 2. The summed E-state index contributed by atoms with van der Waals surface area (Å²) in [6, 6.07) is 8.54. The van der Waals surface area contributed by atoms with Crippen molar-refractivity contribution in [3.8, 4) is 0 Å². The second-order valence-corrected chi connectivity index (χ2v) is 4.02. The molecule has 0 aliphatic carbocycles. The maximum absolute atomic E-state index is 12.9. The number of para-hydroxylation sites is 1. The van der Waals surface area contributed by atoms with Gasteiger partial charge in [-0.15, -0.1) is 0 Å². The lowest BCUT2D eigenvalue weighted by Gasteiger charge is -2.19. The number of amides is 1. The highest BCUT2D eigenvalue weighted by molar-refractivity contribution is 5.95. The largest absolute Gasteiger partial charge is 0.464 e. The van der Waals surface area contributed by atoms with Crippen LogP contribution in [-0.2, 0) is 6.18 Å². The van der Waals surface area contributed by atoms with E-state index in [1.54, 1.807) is 6.07 Å². The molecule has 106 valence electrons. The molecule has 1 amide bonds. The molecule has 1 aromatic carbocycles. The molecule has 0 saturated heterocycles. The Labute approximate surface area is 112 Å². The smallest absolute Gasteiger partial charge is 0.451 e. The lowest BCUT2D eigenvalue weighted by Crippen LogP contribution is -2.25. The number of furan rings is 1. The molecule has 0 unspecified atom stereocenters. The summed E-state index contributed by atoms with van der Waals surface area (Å²) in [6.45, 7) is 1.32. The van der Waals surface area contributed by atoms with Gasteiger partial charge in [0.2, 0.25) is 5.76 Å². The number of hydrogen-bond acceptors (Lipinski definition) is 2. The monoisotopic (exact) mass is 285 g/mol. The van der Waals surface area contributed by atoms with Crippen molar-refractivity contribution in [3.63, 3.8) is 0 Å². The Kier molecular flexibility index (Phi) is 3.44. The summed E-state index contributed by atoms with van der Waals surface area (Å²) >= 11 is 0. The van der Waals surface area contributed by atoms with Crippen LogP contribution in [0.2, 0.25) is 0 Å².